The minimum Gasteiger partial charge on any atom is -0.324 e. The standard InChI is InChI=1S/C18H21F2N3O3/c1-10-4-3-5-11(2)18(10)16(25)23(17(26)22-18)9-15(24)21-14-7-12(19)6-13(20)8-14/h6-8,10-11H,3-5,9H2,1-2H3,(H,21,24)(H,22,26). The monoisotopic (exact) mass is 365 g/mol. The van der Waals surface area contributed by atoms with Crippen molar-refractivity contribution in [3.63, 3.8) is 0 Å². The fourth-order valence-corrected chi connectivity index (χ4v) is 4.07. The number of carbonyl (C=O) groups is 3. The van der Waals surface area contributed by atoms with Crippen LogP contribution in [0.3, 0.4) is 0 Å². The molecule has 4 amide bonds. The largest absolute Gasteiger partial charge is 0.325 e. The van der Waals surface area contributed by atoms with Crippen molar-refractivity contribution in [1.29, 1.82) is 0 Å². The Morgan fingerprint density at radius 1 is 1.19 bits per heavy atom. The minimum absolute atomic E-state index is 0.0342. The first-order valence-corrected chi connectivity index (χ1v) is 8.64. The molecule has 140 valence electrons. The maximum atomic E-state index is 13.2. The molecule has 1 heterocycles. The minimum atomic E-state index is -0.986. The fraction of sp³-hybridized carbons (Fsp3) is 0.500. The molecule has 1 aromatic carbocycles. The molecule has 1 saturated heterocycles. The highest BCUT2D eigenvalue weighted by Crippen LogP contribution is 2.42. The highest BCUT2D eigenvalue weighted by molar-refractivity contribution is 6.10. The lowest BCUT2D eigenvalue weighted by atomic mass is 9.67. The molecule has 0 bridgehead atoms. The number of nitrogens with one attached hydrogen (secondary N) is 2. The second kappa shape index (κ2) is 6.66. The number of hydrogen-bond donors (Lipinski definition) is 2. The van der Waals surface area contributed by atoms with E-state index in [1.165, 1.54) is 0 Å². The Morgan fingerprint density at radius 3 is 2.35 bits per heavy atom. The molecule has 2 fully saturated rings. The lowest BCUT2D eigenvalue weighted by Crippen LogP contribution is -2.59. The number of imide groups is 1. The molecule has 1 aliphatic carbocycles. The van der Waals surface area contributed by atoms with E-state index in [0.717, 1.165) is 36.3 Å². The number of halogens is 2. The van der Waals surface area contributed by atoms with Gasteiger partial charge in [-0.25, -0.2) is 13.6 Å². The maximum Gasteiger partial charge on any atom is 0.325 e. The van der Waals surface area contributed by atoms with E-state index >= 15 is 0 Å². The van der Waals surface area contributed by atoms with Crippen molar-refractivity contribution in [2.75, 3.05) is 11.9 Å². The average molecular weight is 365 g/mol. The summed E-state index contributed by atoms with van der Waals surface area (Å²) in [5, 5.41) is 5.11. The van der Waals surface area contributed by atoms with E-state index in [2.05, 4.69) is 10.6 Å². The zero-order chi connectivity index (χ0) is 19.1. The van der Waals surface area contributed by atoms with Crippen molar-refractivity contribution in [1.82, 2.24) is 10.2 Å². The van der Waals surface area contributed by atoms with Gasteiger partial charge < -0.3 is 10.6 Å². The van der Waals surface area contributed by atoms with E-state index in [1.54, 1.807) is 0 Å². The Balaban J connectivity index is 1.74. The van der Waals surface area contributed by atoms with Gasteiger partial charge in [-0.3, -0.25) is 14.5 Å². The Morgan fingerprint density at radius 2 is 1.77 bits per heavy atom. The molecule has 6 nitrogen and oxygen atoms in total. The molecule has 8 heteroatoms. The molecule has 2 atom stereocenters. The van der Waals surface area contributed by atoms with Crippen molar-refractivity contribution < 1.29 is 23.2 Å². The number of nitrogens with zero attached hydrogens (tertiary/aromatic N) is 1. The second-order valence-electron chi connectivity index (χ2n) is 7.13. The summed E-state index contributed by atoms with van der Waals surface area (Å²) in [7, 11) is 0. The number of carbonyl (C=O) groups excluding carboxylic acids is 3. The Labute approximate surface area is 149 Å². The van der Waals surface area contributed by atoms with Gasteiger partial charge in [-0.2, -0.15) is 0 Å². The molecule has 2 N–H and O–H groups in total. The topological polar surface area (TPSA) is 78.5 Å². The number of urea groups is 1. The average Bonchev–Trinajstić information content (AvgIpc) is 2.77. The summed E-state index contributed by atoms with van der Waals surface area (Å²) in [5.74, 6) is -2.85. The molecule has 1 aromatic rings. The van der Waals surface area contributed by atoms with Crippen molar-refractivity contribution in [3.8, 4) is 0 Å². The first-order chi connectivity index (χ1) is 12.2. The van der Waals surface area contributed by atoms with Crippen LogP contribution in [-0.4, -0.2) is 34.8 Å². The summed E-state index contributed by atoms with van der Waals surface area (Å²) >= 11 is 0. The van der Waals surface area contributed by atoms with Crippen molar-refractivity contribution in [3.05, 3.63) is 29.8 Å². The number of hydrogen-bond acceptors (Lipinski definition) is 3. The number of anilines is 1. The Hall–Kier alpha value is -2.51. The van der Waals surface area contributed by atoms with Gasteiger partial charge >= 0.3 is 6.03 Å². The molecule has 1 aliphatic heterocycles. The van der Waals surface area contributed by atoms with Gasteiger partial charge in [0.2, 0.25) is 5.91 Å². The van der Waals surface area contributed by atoms with Crippen LogP contribution in [0.2, 0.25) is 0 Å². The van der Waals surface area contributed by atoms with Gasteiger partial charge in [0.05, 0.1) is 0 Å². The fourth-order valence-electron chi connectivity index (χ4n) is 4.07. The smallest absolute Gasteiger partial charge is 0.324 e. The van der Waals surface area contributed by atoms with Crippen LogP contribution < -0.4 is 10.6 Å². The van der Waals surface area contributed by atoms with Gasteiger partial charge in [0.25, 0.3) is 5.91 Å². The summed E-state index contributed by atoms with van der Waals surface area (Å²) in [4.78, 5) is 38.4. The molecule has 26 heavy (non-hydrogen) atoms. The zero-order valence-electron chi connectivity index (χ0n) is 14.6. The maximum absolute atomic E-state index is 13.2. The van der Waals surface area contributed by atoms with Gasteiger partial charge in [-0.1, -0.05) is 20.3 Å². The van der Waals surface area contributed by atoms with Crippen LogP contribution >= 0.6 is 0 Å². The van der Waals surface area contributed by atoms with Crippen molar-refractivity contribution in [2.45, 2.75) is 38.6 Å². The molecule has 3 rings (SSSR count). The predicted molar refractivity (Wildman–Crippen MR) is 90.1 cm³/mol. The lowest BCUT2D eigenvalue weighted by Gasteiger charge is -2.42. The van der Waals surface area contributed by atoms with Crippen LogP contribution in [-0.2, 0) is 9.59 Å². The summed E-state index contributed by atoms with van der Waals surface area (Å²) < 4.78 is 26.4. The highest BCUT2D eigenvalue weighted by Gasteiger charge is 2.58. The molecule has 1 saturated carbocycles. The van der Waals surface area contributed by atoms with Crippen LogP contribution in [0, 0.1) is 23.5 Å². The van der Waals surface area contributed by atoms with E-state index < -0.39 is 41.6 Å². The lowest BCUT2D eigenvalue weighted by molar-refractivity contribution is -0.138. The zero-order valence-corrected chi connectivity index (χ0v) is 14.6. The molecular formula is C18H21F2N3O3. The van der Waals surface area contributed by atoms with Crippen LogP contribution in [0.25, 0.3) is 0 Å². The first-order valence-electron chi connectivity index (χ1n) is 8.64. The van der Waals surface area contributed by atoms with E-state index in [1.807, 2.05) is 13.8 Å². The summed E-state index contributed by atoms with van der Waals surface area (Å²) in [6.45, 7) is 3.34. The summed E-state index contributed by atoms with van der Waals surface area (Å²) in [6, 6.07) is 1.98. The summed E-state index contributed by atoms with van der Waals surface area (Å²) in [5.41, 5.74) is -1.06. The molecule has 1 spiro atoms. The third kappa shape index (κ3) is 3.04. The second-order valence-corrected chi connectivity index (χ2v) is 7.13. The highest BCUT2D eigenvalue weighted by atomic mass is 19.1. The van der Waals surface area contributed by atoms with Crippen LogP contribution in [0.15, 0.2) is 18.2 Å². The quantitative estimate of drug-likeness (QED) is 0.809. The van der Waals surface area contributed by atoms with Crippen LogP contribution in [0.4, 0.5) is 19.3 Å². The molecule has 0 aromatic heterocycles. The molecule has 2 unspecified atom stereocenters. The third-order valence-electron chi connectivity index (χ3n) is 5.43. The van der Waals surface area contributed by atoms with Gasteiger partial charge in [-0.05, 0) is 36.8 Å². The van der Waals surface area contributed by atoms with Gasteiger partial charge in [0.1, 0.15) is 23.7 Å². The molecule has 0 radical (unpaired) electrons. The van der Waals surface area contributed by atoms with Gasteiger partial charge in [0, 0.05) is 11.8 Å². The summed E-state index contributed by atoms with van der Waals surface area (Å²) in [6.07, 6.45) is 2.62. The van der Waals surface area contributed by atoms with E-state index in [4.69, 9.17) is 0 Å². The number of amides is 4. The predicted octanol–water partition coefficient (Wildman–Crippen LogP) is 2.65. The van der Waals surface area contributed by atoms with E-state index in [9.17, 15) is 23.2 Å². The van der Waals surface area contributed by atoms with Crippen LogP contribution in [0.1, 0.15) is 33.1 Å². The van der Waals surface area contributed by atoms with E-state index in [0.29, 0.717) is 6.07 Å². The SMILES string of the molecule is CC1CCCC(C)C12NC(=O)N(CC(=O)Nc1cc(F)cc(F)c1)C2=O. The van der Waals surface area contributed by atoms with Crippen LogP contribution in [0.5, 0.6) is 0 Å². The molecular weight excluding hydrogens is 344 g/mol. The third-order valence-corrected chi connectivity index (χ3v) is 5.43. The number of rotatable bonds is 3. The normalized spacial score (nSPS) is 28.4. The first kappa shape index (κ1) is 18.3. The van der Waals surface area contributed by atoms with Gasteiger partial charge in [-0.15, -0.1) is 0 Å². The van der Waals surface area contributed by atoms with Crippen molar-refractivity contribution in [2.24, 2.45) is 11.8 Å². The number of benzene rings is 1. The van der Waals surface area contributed by atoms with E-state index in [-0.39, 0.29) is 17.5 Å². The van der Waals surface area contributed by atoms with Crippen molar-refractivity contribution >= 4 is 23.5 Å². The Bertz CT molecular complexity index is 738. The van der Waals surface area contributed by atoms with Gasteiger partial charge in [0.15, 0.2) is 0 Å². The molecule has 2 aliphatic rings. The Kier molecular flexibility index (Phi) is 4.68.